The van der Waals surface area contributed by atoms with Crippen molar-refractivity contribution < 1.29 is 19.7 Å². The Morgan fingerprint density at radius 2 is 2.10 bits per heavy atom. The number of phenolic OH excluding ortho intramolecular Hbond substituents is 1. The molecule has 6 nitrogen and oxygen atoms in total. The number of aliphatic hydroxyl groups excluding tert-OH is 1. The highest BCUT2D eigenvalue weighted by atomic mass is 16.5. The maximum absolute atomic E-state index is 12.5. The third kappa shape index (κ3) is 3.86. The summed E-state index contributed by atoms with van der Waals surface area (Å²) in [5, 5.41) is 18.8. The number of methoxy groups -OCH3 is 1. The van der Waals surface area contributed by atoms with Crippen LogP contribution in [0.1, 0.15) is 16.8 Å². The van der Waals surface area contributed by atoms with Crippen molar-refractivity contribution >= 4 is 5.91 Å². The van der Waals surface area contributed by atoms with E-state index in [2.05, 4.69) is 4.90 Å². The van der Waals surface area contributed by atoms with Gasteiger partial charge in [0.05, 0.1) is 13.7 Å². The molecule has 116 valence electrons. The second-order valence-corrected chi connectivity index (χ2v) is 5.10. The van der Waals surface area contributed by atoms with Gasteiger partial charge in [-0.1, -0.05) is 0 Å². The summed E-state index contributed by atoms with van der Waals surface area (Å²) >= 11 is 0. The van der Waals surface area contributed by atoms with E-state index < -0.39 is 0 Å². The second kappa shape index (κ2) is 7.28. The molecule has 1 amide bonds. The predicted molar refractivity (Wildman–Crippen MR) is 78.7 cm³/mol. The minimum absolute atomic E-state index is 0.0277. The van der Waals surface area contributed by atoms with Crippen LogP contribution in [0.3, 0.4) is 0 Å². The number of ether oxygens (including phenoxy) is 1. The standard InChI is InChI=1S/C15H22N2O4/c1-21-14-4-3-12(11-13(14)19)15(20)17-6-2-5-16(7-8-17)9-10-18/h3-4,11,18-19H,2,5-10H2,1H3. The first-order chi connectivity index (χ1) is 10.2. The quantitative estimate of drug-likeness (QED) is 0.848. The van der Waals surface area contributed by atoms with E-state index in [0.717, 1.165) is 19.5 Å². The number of amides is 1. The lowest BCUT2D eigenvalue weighted by atomic mass is 10.1. The molecule has 0 unspecified atom stereocenters. The van der Waals surface area contributed by atoms with Gasteiger partial charge in [0.15, 0.2) is 11.5 Å². The first-order valence-electron chi connectivity index (χ1n) is 7.15. The highest BCUT2D eigenvalue weighted by Crippen LogP contribution is 2.26. The van der Waals surface area contributed by atoms with E-state index in [4.69, 9.17) is 9.84 Å². The van der Waals surface area contributed by atoms with Crippen LogP contribution in [0.15, 0.2) is 18.2 Å². The SMILES string of the molecule is COc1ccc(C(=O)N2CCCN(CCO)CC2)cc1O. The molecule has 0 radical (unpaired) electrons. The fourth-order valence-corrected chi connectivity index (χ4v) is 2.54. The lowest BCUT2D eigenvalue weighted by Gasteiger charge is -2.21. The van der Waals surface area contributed by atoms with Gasteiger partial charge < -0.3 is 19.8 Å². The summed E-state index contributed by atoms with van der Waals surface area (Å²) in [4.78, 5) is 16.4. The molecular weight excluding hydrogens is 272 g/mol. The van der Waals surface area contributed by atoms with Crippen LogP contribution < -0.4 is 4.74 Å². The summed E-state index contributed by atoms with van der Waals surface area (Å²) < 4.78 is 4.98. The van der Waals surface area contributed by atoms with Gasteiger partial charge in [-0.2, -0.15) is 0 Å². The molecule has 6 heteroatoms. The van der Waals surface area contributed by atoms with Gasteiger partial charge in [0.1, 0.15) is 0 Å². The number of aromatic hydroxyl groups is 1. The van der Waals surface area contributed by atoms with Crippen molar-refractivity contribution in [1.82, 2.24) is 9.80 Å². The molecule has 21 heavy (non-hydrogen) atoms. The largest absolute Gasteiger partial charge is 0.504 e. The molecule has 0 spiro atoms. The van der Waals surface area contributed by atoms with Gasteiger partial charge in [0, 0.05) is 31.7 Å². The number of carbonyl (C=O) groups is 1. The number of carbonyl (C=O) groups excluding carboxylic acids is 1. The van der Waals surface area contributed by atoms with E-state index in [1.165, 1.54) is 13.2 Å². The van der Waals surface area contributed by atoms with Crippen LogP contribution in [0, 0.1) is 0 Å². The van der Waals surface area contributed by atoms with Crippen LogP contribution in [0.2, 0.25) is 0 Å². The molecule has 0 saturated carbocycles. The fourth-order valence-electron chi connectivity index (χ4n) is 2.54. The van der Waals surface area contributed by atoms with Crippen molar-refractivity contribution in [2.45, 2.75) is 6.42 Å². The Morgan fingerprint density at radius 1 is 1.29 bits per heavy atom. The second-order valence-electron chi connectivity index (χ2n) is 5.10. The molecule has 1 aliphatic heterocycles. The number of phenols is 1. The minimum Gasteiger partial charge on any atom is -0.504 e. The maximum Gasteiger partial charge on any atom is 0.254 e. The molecule has 1 aromatic rings. The highest BCUT2D eigenvalue weighted by Gasteiger charge is 2.20. The number of hydrogen-bond acceptors (Lipinski definition) is 5. The van der Waals surface area contributed by atoms with Crippen LogP contribution in [0.5, 0.6) is 11.5 Å². The maximum atomic E-state index is 12.5. The topological polar surface area (TPSA) is 73.2 Å². The minimum atomic E-state index is -0.0844. The molecule has 1 saturated heterocycles. The molecule has 1 aliphatic rings. The summed E-state index contributed by atoms with van der Waals surface area (Å²) in [6, 6.07) is 4.70. The molecule has 1 aromatic carbocycles. The number of rotatable bonds is 4. The Bertz CT molecular complexity index is 493. The normalized spacial score (nSPS) is 16.6. The van der Waals surface area contributed by atoms with Gasteiger partial charge >= 0.3 is 0 Å². The van der Waals surface area contributed by atoms with Crippen LogP contribution in [0.4, 0.5) is 0 Å². The van der Waals surface area contributed by atoms with E-state index in [1.807, 2.05) is 0 Å². The highest BCUT2D eigenvalue weighted by molar-refractivity contribution is 5.95. The Morgan fingerprint density at radius 3 is 2.76 bits per heavy atom. The van der Waals surface area contributed by atoms with E-state index in [9.17, 15) is 9.90 Å². The lowest BCUT2D eigenvalue weighted by Crippen LogP contribution is -2.35. The first-order valence-corrected chi connectivity index (χ1v) is 7.15. The molecule has 2 N–H and O–H groups in total. The molecule has 0 atom stereocenters. The summed E-state index contributed by atoms with van der Waals surface area (Å²) in [5.41, 5.74) is 0.462. The van der Waals surface area contributed by atoms with Gasteiger partial charge in [0.25, 0.3) is 5.91 Å². The zero-order chi connectivity index (χ0) is 15.2. The monoisotopic (exact) mass is 294 g/mol. The third-order valence-corrected chi connectivity index (χ3v) is 3.72. The van der Waals surface area contributed by atoms with Crippen molar-refractivity contribution in [2.75, 3.05) is 46.4 Å². The number of hydrogen-bond donors (Lipinski definition) is 2. The number of aliphatic hydroxyl groups is 1. The average Bonchev–Trinajstić information content (AvgIpc) is 2.72. The van der Waals surface area contributed by atoms with E-state index in [-0.39, 0.29) is 18.3 Å². The van der Waals surface area contributed by atoms with Gasteiger partial charge in [0.2, 0.25) is 0 Å². The van der Waals surface area contributed by atoms with Crippen molar-refractivity contribution in [1.29, 1.82) is 0 Å². The predicted octanol–water partition coefficient (Wildman–Crippen LogP) is 0.541. The fraction of sp³-hybridized carbons (Fsp3) is 0.533. The van der Waals surface area contributed by atoms with E-state index >= 15 is 0 Å². The van der Waals surface area contributed by atoms with Crippen molar-refractivity contribution in [2.24, 2.45) is 0 Å². The lowest BCUT2D eigenvalue weighted by molar-refractivity contribution is 0.0760. The Balaban J connectivity index is 2.04. The van der Waals surface area contributed by atoms with Gasteiger partial charge in [-0.15, -0.1) is 0 Å². The van der Waals surface area contributed by atoms with Crippen LogP contribution in [0.25, 0.3) is 0 Å². The summed E-state index contributed by atoms with van der Waals surface area (Å²) in [6.07, 6.45) is 0.883. The zero-order valence-electron chi connectivity index (χ0n) is 12.3. The van der Waals surface area contributed by atoms with Gasteiger partial charge in [-0.25, -0.2) is 0 Å². The number of nitrogens with zero attached hydrogens (tertiary/aromatic N) is 2. The molecular formula is C15H22N2O4. The summed E-state index contributed by atoms with van der Waals surface area (Å²) in [7, 11) is 1.47. The van der Waals surface area contributed by atoms with E-state index in [0.29, 0.717) is 30.9 Å². The van der Waals surface area contributed by atoms with Gasteiger partial charge in [-0.05, 0) is 31.2 Å². The van der Waals surface area contributed by atoms with Crippen LogP contribution in [-0.2, 0) is 0 Å². The number of benzene rings is 1. The van der Waals surface area contributed by atoms with Crippen molar-refractivity contribution in [3.63, 3.8) is 0 Å². The molecule has 1 fully saturated rings. The van der Waals surface area contributed by atoms with Crippen LogP contribution >= 0.6 is 0 Å². The molecule has 1 heterocycles. The third-order valence-electron chi connectivity index (χ3n) is 3.72. The van der Waals surface area contributed by atoms with Crippen molar-refractivity contribution in [3.05, 3.63) is 23.8 Å². The smallest absolute Gasteiger partial charge is 0.254 e. The molecule has 2 rings (SSSR count). The Labute approximate surface area is 124 Å². The Kier molecular flexibility index (Phi) is 5.41. The van der Waals surface area contributed by atoms with Crippen LogP contribution in [-0.4, -0.2) is 72.4 Å². The number of β-amino-alcohol motifs (C(OH)–C–C–N with tert-alkyl or cyclic N) is 1. The molecule has 0 aliphatic carbocycles. The van der Waals surface area contributed by atoms with E-state index in [1.54, 1.807) is 17.0 Å². The molecule has 0 aromatic heterocycles. The first kappa shape index (κ1) is 15.6. The average molecular weight is 294 g/mol. The zero-order valence-corrected chi connectivity index (χ0v) is 12.3. The van der Waals surface area contributed by atoms with Crippen molar-refractivity contribution in [3.8, 4) is 11.5 Å². The molecule has 0 bridgehead atoms. The summed E-state index contributed by atoms with van der Waals surface area (Å²) in [6.45, 7) is 3.75. The summed E-state index contributed by atoms with van der Waals surface area (Å²) in [5.74, 6) is 0.246. The Hall–Kier alpha value is -1.79. The van der Waals surface area contributed by atoms with Gasteiger partial charge in [-0.3, -0.25) is 9.69 Å².